The molecule has 0 spiro atoms. The van der Waals surface area contributed by atoms with E-state index in [0.717, 1.165) is 12.1 Å². The van der Waals surface area contributed by atoms with Gasteiger partial charge in [0.1, 0.15) is 0 Å². The molecule has 7 heteroatoms. The number of fused-ring (bicyclic) bond motifs is 1. The molecule has 0 aliphatic carbocycles. The number of benzene rings is 1. The lowest BCUT2D eigenvalue weighted by Crippen LogP contribution is -2.32. The third-order valence-corrected chi connectivity index (χ3v) is 2.71. The highest BCUT2D eigenvalue weighted by Gasteiger charge is 2.39. The number of nitrogens with zero attached hydrogens (tertiary/aromatic N) is 1. The van der Waals surface area contributed by atoms with Crippen molar-refractivity contribution >= 4 is 17.8 Å². The number of rotatable bonds is 2. The summed E-state index contributed by atoms with van der Waals surface area (Å²) in [4.78, 5) is 40.1. The summed E-state index contributed by atoms with van der Waals surface area (Å²) in [5, 5.41) is 0.327. The zero-order chi connectivity index (χ0) is 14.3. The van der Waals surface area contributed by atoms with Gasteiger partial charge in [0, 0.05) is 6.07 Å². The van der Waals surface area contributed by atoms with Crippen LogP contribution in [0.5, 0.6) is 0 Å². The van der Waals surface area contributed by atoms with Crippen molar-refractivity contribution in [2.45, 2.75) is 0 Å². The Kier molecular flexibility index (Phi) is 2.60. The topological polar surface area (TPSA) is 76.8 Å². The average Bonchev–Trinajstić information content (AvgIpc) is 2.98. The van der Waals surface area contributed by atoms with Crippen LogP contribution in [0.15, 0.2) is 40.8 Å². The van der Waals surface area contributed by atoms with Gasteiger partial charge >= 0.3 is 5.97 Å². The van der Waals surface area contributed by atoms with Crippen LogP contribution in [0.3, 0.4) is 0 Å². The van der Waals surface area contributed by atoms with E-state index in [9.17, 15) is 18.8 Å². The van der Waals surface area contributed by atoms with Crippen molar-refractivity contribution in [2.75, 3.05) is 0 Å². The Hall–Kier alpha value is -2.96. The summed E-state index contributed by atoms with van der Waals surface area (Å²) < 4.78 is 17.1. The van der Waals surface area contributed by atoms with Gasteiger partial charge in [-0.2, -0.15) is 4.39 Å². The van der Waals surface area contributed by atoms with Gasteiger partial charge in [-0.15, -0.1) is 0 Å². The third-order valence-electron chi connectivity index (χ3n) is 2.71. The number of hydrogen-bond donors (Lipinski definition) is 0. The monoisotopic (exact) mass is 275 g/mol. The van der Waals surface area contributed by atoms with E-state index in [-0.39, 0.29) is 11.1 Å². The fourth-order valence-electron chi connectivity index (χ4n) is 1.80. The van der Waals surface area contributed by atoms with Crippen molar-refractivity contribution < 1.29 is 28.0 Å². The Bertz CT molecular complexity index is 701. The second-order valence-corrected chi connectivity index (χ2v) is 3.93. The van der Waals surface area contributed by atoms with Crippen molar-refractivity contribution in [3.63, 3.8) is 0 Å². The standard InChI is InChI=1S/C13H6FNO5/c14-10-6-5-9(19-10)13(18)20-15-11(16)7-3-1-2-4-8(7)12(15)17/h1-6H. The summed E-state index contributed by atoms with van der Waals surface area (Å²) in [5.41, 5.74) is 0.270. The van der Waals surface area contributed by atoms with Gasteiger partial charge < -0.3 is 9.25 Å². The number of imide groups is 1. The summed E-state index contributed by atoms with van der Waals surface area (Å²) in [7, 11) is 0. The molecule has 2 amide bonds. The van der Waals surface area contributed by atoms with E-state index in [2.05, 4.69) is 9.25 Å². The van der Waals surface area contributed by atoms with Crippen molar-refractivity contribution in [1.29, 1.82) is 0 Å². The first kappa shape index (κ1) is 12.1. The summed E-state index contributed by atoms with van der Waals surface area (Å²) >= 11 is 0. The van der Waals surface area contributed by atoms with Crippen LogP contribution < -0.4 is 0 Å². The summed E-state index contributed by atoms with van der Waals surface area (Å²) in [6.07, 6.45) is 0. The van der Waals surface area contributed by atoms with E-state index in [0.29, 0.717) is 5.06 Å². The van der Waals surface area contributed by atoms with E-state index in [1.807, 2.05) is 0 Å². The molecule has 6 nitrogen and oxygen atoms in total. The number of hydrogen-bond acceptors (Lipinski definition) is 5. The lowest BCUT2D eigenvalue weighted by molar-refractivity contribution is -0.0606. The van der Waals surface area contributed by atoms with E-state index in [1.54, 1.807) is 12.1 Å². The highest BCUT2D eigenvalue weighted by Crippen LogP contribution is 2.23. The van der Waals surface area contributed by atoms with Gasteiger partial charge in [-0.1, -0.05) is 17.2 Å². The van der Waals surface area contributed by atoms with Crippen LogP contribution in [0, 0.1) is 6.01 Å². The molecule has 2 heterocycles. The average molecular weight is 275 g/mol. The summed E-state index contributed by atoms with van der Waals surface area (Å²) in [6.45, 7) is 0. The normalized spacial score (nSPS) is 13.6. The van der Waals surface area contributed by atoms with Crippen LogP contribution in [-0.4, -0.2) is 22.8 Å². The Morgan fingerprint density at radius 3 is 2.15 bits per heavy atom. The van der Waals surface area contributed by atoms with Crippen LogP contribution in [0.25, 0.3) is 0 Å². The van der Waals surface area contributed by atoms with E-state index >= 15 is 0 Å². The van der Waals surface area contributed by atoms with E-state index in [4.69, 9.17) is 0 Å². The van der Waals surface area contributed by atoms with E-state index in [1.165, 1.54) is 12.1 Å². The van der Waals surface area contributed by atoms with Crippen molar-refractivity contribution in [3.8, 4) is 0 Å². The molecule has 0 unspecified atom stereocenters. The maximum absolute atomic E-state index is 12.6. The molecule has 0 saturated heterocycles. The molecule has 0 saturated carbocycles. The highest BCUT2D eigenvalue weighted by atomic mass is 19.1. The third kappa shape index (κ3) is 1.76. The zero-order valence-electron chi connectivity index (χ0n) is 9.83. The Labute approximate surface area is 111 Å². The number of amides is 2. The minimum atomic E-state index is -1.14. The predicted molar refractivity (Wildman–Crippen MR) is 61.0 cm³/mol. The maximum atomic E-state index is 12.6. The summed E-state index contributed by atoms with van der Waals surface area (Å²) in [6, 6.07) is 7.02. The van der Waals surface area contributed by atoms with Crippen LogP contribution in [0.4, 0.5) is 4.39 Å². The molecule has 100 valence electrons. The number of carbonyl (C=O) groups excluding carboxylic acids is 3. The molecule has 1 aliphatic rings. The van der Waals surface area contributed by atoms with Gasteiger partial charge in [0.2, 0.25) is 5.76 Å². The van der Waals surface area contributed by atoms with E-state index < -0.39 is 29.6 Å². The fraction of sp³-hybridized carbons (Fsp3) is 0. The molecule has 0 N–H and O–H groups in total. The molecule has 1 aliphatic heterocycles. The van der Waals surface area contributed by atoms with Gasteiger partial charge in [0.15, 0.2) is 0 Å². The Morgan fingerprint density at radius 1 is 1.05 bits per heavy atom. The minimum absolute atomic E-state index is 0.135. The zero-order valence-corrected chi connectivity index (χ0v) is 9.83. The SMILES string of the molecule is O=C(ON1C(=O)c2ccccc2C1=O)c1ccc(F)o1. The first-order valence-corrected chi connectivity index (χ1v) is 5.53. The second kappa shape index (κ2) is 4.30. The van der Waals surface area contributed by atoms with Gasteiger partial charge in [0.05, 0.1) is 11.1 Å². The Morgan fingerprint density at radius 2 is 1.65 bits per heavy atom. The van der Waals surface area contributed by atoms with Crippen molar-refractivity contribution in [1.82, 2.24) is 5.06 Å². The number of carbonyl (C=O) groups is 3. The van der Waals surface area contributed by atoms with Crippen molar-refractivity contribution in [2.24, 2.45) is 0 Å². The Balaban J connectivity index is 1.85. The number of halogens is 1. The van der Waals surface area contributed by atoms with Gasteiger partial charge in [0.25, 0.3) is 17.8 Å². The maximum Gasteiger partial charge on any atom is 0.399 e. The molecule has 0 radical (unpaired) electrons. The summed E-state index contributed by atoms with van der Waals surface area (Å²) in [5.74, 6) is -3.10. The lowest BCUT2D eigenvalue weighted by Gasteiger charge is -2.11. The molecule has 0 fully saturated rings. The minimum Gasteiger partial charge on any atom is -0.424 e. The number of furan rings is 1. The fourth-order valence-corrected chi connectivity index (χ4v) is 1.80. The smallest absolute Gasteiger partial charge is 0.399 e. The molecule has 1 aromatic carbocycles. The largest absolute Gasteiger partial charge is 0.424 e. The van der Waals surface area contributed by atoms with Crippen LogP contribution in [0.2, 0.25) is 0 Å². The number of hydroxylamine groups is 2. The molecule has 0 atom stereocenters. The van der Waals surface area contributed by atoms with Gasteiger partial charge in [-0.05, 0) is 18.2 Å². The van der Waals surface area contributed by atoms with Crippen LogP contribution in [0.1, 0.15) is 31.3 Å². The quantitative estimate of drug-likeness (QED) is 0.781. The molecular weight excluding hydrogens is 269 g/mol. The second-order valence-electron chi connectivity index (χ2n) is 3.93. The predicted octanol–water partition coefficient (Wildman–Crippen LogP) is 1.79. The first-order chi connectivity index (χ1) is 9.58. The molecule has 3 rings (SSSR count). The highest BCUT2D eigenvalue weighted by molar-refractivity contribution is 6.21. The first-order valence-electron chi connectivity index (χ1n) is 5.53. The molecular formula is C13H6FNO5. The van der Waals surface area contributed by atoms with Crippen LogP contribution in [-0.2, 0) is 4.84 Å². The van der Waals surface area contributed by atoms with Gasteiger partial charge in [-0.3, -0.25) is 9.59 Å². The van der Waals surface area contributed by atoms with Crippen molar-refractivity contribution in [3.05, 3.63) is 59.3 Å². The van der Waals surface area contributed by atoms with Crippen LogP contribution >= 0.6 is 0 Å². The molecule has 1 aromatic heterocycles. The van der Waals surface area contributed by atoms with Gasteiger partial charge in [-0.25, -0.2) is 4.79 Å². The molecule has 20 heavy (non-hydrogen) atoms. The molecule has 2 aromatic rings. The molecule has 0 bridgehead atoms. The lowest BCUT2D eigenvalue weighted by atomic mass is 10.1.